The van der Waals surface area contributed by atoms with Crippen molar-refractivity contribution in [1.82, 2.24) is 10.6 Å². The highest BCUT2D eigenvalue weighted by atomic mass is 16.5. The van der Waals surface area contributed by atoms with Crippen molar-refractivity contribution in [3.05, 3.63) is 65.7 Å². The van der Waals surface area contributed by atoms with E-state index in [1.165, 1.54) is 0 Å². The Morgan fingerprint density at radius 2 is 1.87 bits per heavy atom. The molecule has 0 radical (unpaired) electrons. The average molecular weight is 310 g/mol. The van der Waals surface area contributed by atoms with Gasteiger partial charge in [-0.25, -0.2) is 0 Å². The second-order valence-electron chi connectivity index (χ2n) is 5.79. The normalized spacial score (nSPS) is 20.8. The smallest absolute Gasteiger partial charge is 0.220 e. The molecule has 4 nitrogen and oxygen atoms in total. The van der Waals surface area contributed by atoms with E-state index in [9.17, 15) is 4.79 Å². The standard InChI is InChI=1S/C19H22N2O2/c1-23-17-10-6-5-9-15(17)13-20-16-11-12-18(22)21-19(16)14-7-3-2-4-8-14/h2-10,16,19-20H,11-13H2,1H3,(H,21,22). The van der Waals surface area contributed by atoms with Crippen LogP contribution in [0.15, 0.2) is 54.6 Å². The van der Waals surface area contributed by atoms with E-state index < -0.39 is 0 Å². The van der Waals surface area contributed by atoms with E-state index in [0.717, 1.165) is 23.3 Å². The molecule has 0 spiro atoms. The van der Waals surface area contributed by atoms with Gasteiger partial charge in [-0.05, 0) is 18.1 Å². The Morgan fingerprint density at radius 1 is 1.13 bits per heavy atom. The number of hydrogen-bond donors (Lipinski definition) is 2. The minimum Gasteiger partial charge on any atom is -0.496 e. The van der Waals surface area contributed by atoms with Gasteiger partial charge in [-0.15, -0.1) is 0 Å². The first kappa shape index (κ1) is 15.6. The summed E-state index contributed by atoms with van der Waals surface area (Å²) >= 11 is 0. The maximum Gasteiger partial charge on any atom is 0.220 e. The van der Waals surface area contributed by atoms with E-state index in [1.807, 2.05) is 36.4 Å². The molecule has 1 heterocycles. The molecular weight excluding hydrogens is 288 g/mol. The molecule has 23 heavy (non-hydrogen) atoms. The van der Waals surface area contributed by atoms with Crippen LogP contribution in [0, 0.1) is 0 Å². The molecule has 4 heteroatoms. The van der Waals surface area contributed by atoms with Crippen LogP contribution in [0.3, 0.4) is 0 Å². The quantitative estimate of drug-likeness (QED) is 0.893. The monoisotopic (exact) mass is 310 g/mol. The molecular formula is C19H22N2O2. The summed E-state index contributed by atoms with van der Waals surface area (Å²) in [5.41, 5.74) is 2.26. The third kappa shape index (κ3) is 3.71. The Hall–Kier alpha value is -2.33. The summed E-state index contributed by atoms with van der Waals surface area (Å²) in [6, 6.07) is 18.4. The minimum atomic E-state index is 0.00663. The van der Waals surface area contributed by atoms with Crippen LogP contribution in [0.5, 0.6) is 5.75 Å². The number of para-hydroxylation sites is 1. The number of amides is 1. The lowest BCUT2D eigenvalue weighted by Gasteiger charge is -2.33. The zero-order chi connectivity index (χ0) is 16.1. The number of rotatable bonds is 5. The molecule has 2 unspecified atom stereocenters. The number of carbonyl (C=O) groups excluding carboxylic acids is 1. The number of nitrogens with one attached hydrogen (secondary N) is 2. The predicted octanol–water partition coefficient (Wildman–Crippen LogP) is 2.80. The zero-order valence-electron chi connectivity index (χ0n) is 13.3. The lowest BCUT2D eigenvalue weighted by atomic mass is 9.92. The van der Waals surface area contributed by atoms with Crippen LogP contribution in [0.25, 0.3) is 0 Å². The molecule has 1 aliphatic rings. The lowest BCUT2D eigenvalue weighted by molar-refractivity contribution is -0.123. The van der Waals surface area contributed by atoms with Crippen molar-refractivity contribution >= 4 is 5.91 Å². The summed E-state index contributed by atoms with van der Waals surface area (Å²) in [5.74, 6) is 1.00. The zero-order valence-corrected chi connectivity index (χ0v) is 13.3. The molecule has 2 aromatic rings. The Labute approximate surface area is 136 Å². The van der Waals surface area contributed by atoms with Crippen LogP contribution >= 0.6 is 0 Å². The molecule has 2 aromatic carbocycles. The Kier molecular flexibility index (Phi) is 4.93. The van der Waals surface area contributed by atoms with Crippen LogP contribution in [0.4, 0.5) is 0 Å². The number of hydrogen-bond acceptors (Lipinski definition) is 3. The van der Waals surface area contributed by atoms with Crippen LogP contribution in [-0.4, -0.2) is 19.1 Å². The highest BCUT2D eigenvalue weighted by molar-refractivity contribution is 5.77. The molecule has 2 N–H and O–H groups in total. The number of benzene rings is 2. The molecule has 0 aliphatic carbocycles. The van der Waals surface area contributed by atoms with Crippen molar-refractivity contribution < 1.29 is 9.53 Å². The first-order chi connectivity index (χ1) is 11.3. The SMILES string of the molecule is COc1ccccc1CNC1CCC(=O)NC1c1ccccc1. The summed E-state index contributed by atoms with van der Waals surface area (Å²) < 4.78 is 5.40. The Morgan fingerprint density at radius 3 is 2.65 bits per heavy atom. The first-order valence-corrected chi connectivity index (χ1v) is 7.97. The van der Waals surface area contributed by atoms with E-state index in [0.29, 0.717) is 13.0 Å². The van der Waals surface area contributed by atoms with Gasteiger partial charge in [0.25, 0.3) is 0 Å². The third-order valence-electron chi connectivity index (χ3n) is 4.31. The van der Waals surface area contributed by atoms with Gasteiger partial charge in [0, 0.05) is 24.6 Å². The van der Waals surface area contributed by atoms with Crippen molar-refractivity contribution in [2.45, 2.75) is 31.5 Å². The fourth-order valence-electron chi connectivity index (χ4n) is 3.09. The van der Waals surface area contributed by atoms with Gasteiger partial charge in [-0.1, -0.05) is 48.5 Å². The van der Waals surface area contributed by atoms with Gasteiger partial charge in [-0.3, -0.25) is 4.79 Å². The predicted molar refractivity (Wildman–Crippen MR) is 90.2 cm³/mol. The molecule has 120 valence electrons. The molecule has 2 atom stereocenters. The Bertz CT molecular complexity index is 657. The summed E-state index contributed by atoms with van der Waals surface area (Å²) in [6.45, 7) is 0.716. The molecule has 0 bridgehead atoms. The van der Waals surface area contributed by atoms with Gasteiger partial charge in [0.05, 0.1) is 13.2 Å². The summed E-state index contributed by atoms with van der Waals surface area (Å²) in [5, 5.41) is 6.70. The first-order valence-electron chi connectivity index (χ1n) is 7.97. The minimum absolute atomic E-state index is 0.00663. The summed E-state index contributed by atoms with van der Waals surface area (Å²) in [4.78, 5) is 11.8. The molecule has 1 amide bonds. The lowest BCUT2D eigenvalue weighted by Crippen LogP contribution is -2.48. The van der Waals surface area contributed by atoms with E-state index in [2.05, 4.69) is 28.8 Å². The van der Waals surface area contributed by atoms with E-state index in [-0.39, 0.29) is 18.0 Å². The van der Waals surface area contributed by atoms with Gasteiger partial charge >= 0.3 is 0 Å². The van der Waals surface area contributed by atoms with Crippen molar-refractivity contribution in [3.8, 4) is 5.75 Å². The molecule has 1 saturated heterocycles. The van der Waals surface area contributed by atoms with Gasteiger partial charge in [0.1, 0.15) is 5.75 Å². The molecule has 1 aliphatic heterocycles. The maximum atomic E-state index is 11.8. The molecule has 0 aromatic heterocycles. The van der Waals surface area contributed by atoms with Crippen molar-refractivity contribution in [3.63, 3.8) is 0 Å². The average Bonchev–Trinajstić information content (AvgIpc) is 2.61. The van der Waals surface area contributed by atoms with Crippen molar-refractivity contribution in [1.29, 1.82) is 0 Å². The van der Waals surface area contributed by atoms with Gasteiger partial charge in [0.15, 0.2) is 0 Å². The highest BCUT2D eigenvalue weighted by Crippen LogP contribution is 2.25. The van der Waals surface area contributed by atoms with Crippen molar-refractivity contribution in [2.24, 2.45) is 0 Å². The van der Waals surface area contributed by atoms with Crippen molar-refractivity contribution in [2.75, 3.05) is 7.11 Å². The van der Waals surface area contributed by atoms with Gasteiger partial charge < -0.3 is 15.4 Å². The maximum absolute atomic E-state index is 11.8. The number of piperidine rings is 1. The molecule has 0 saturated carbocycles. The molecule has 1 fully saturated rings. The summed E-state index contributed by atoms with van der Waals surface area (Å²) in [7, 11) is 1.69. The topological polar surface area (TPSA) is 50.4 Å². The number of methoxy groups -OCH3 is 1. The molecule has 3 rings (SSSR count). The van der Waals surface area contributed by atoms with Crippen LogP contribution in [0.1, 0.15) is 30.0 Å². The third-order valence-corrected chi connectivity index (χ3v) is 4.31. The fraction of sp³-hybridized carbons (Fsp3) is 0.316. The largest absolute Gasteiger partial charge is 0.496 e. The Balaban J connectivity index is 1.73. The van der Waals surface area contributed by atoms with Gasteiger partial charge in [-0.2, -0.15) is 0 Å². The fourth-order valence-corrected chi connectivity index (χ4v) is 3.09. The van der Waals surface area contributed by atoms with Crippen LogP contribution < -0.4 is 15.4 Å². The van der Waals surface area contributed by atoms with E-state index in [1.54, 1.807) is 7.11 Å². The summed E-state index contributed by atoms with van der Waals surface area (Å²) in [6.07, 6.45) is 1.40. The second-order valence-corrected chi connectivity index (χ2v) is 5.79. The number of carbonyl (C=O) groups is 1. The van der Waals surface area contributed by atoms with E-state index in [4.69, 9.17) is 4.74 Å². The highest BCUT2D eigenvalue weighted by Gasteiger charge is 2.29. The van der Waals surface area contributed by atoms with E-state index >= 15 is 0 Å². The number of ether oxygens (including phenoxy) is 1. The second kappa shape index (κ2) is 7.29. The van der Waals surface area contributed by atoms with Crippen LogP contribution in [0.2, 0.25) is 0 Å². The van der Waals surface area contributed by atoms with Crippen LogP contribution in [-0.2, 0) is 11.3 Å². The van der Waals surface area contributed by atoms with Gasteiger partial charge in [0.2, 0.25) is 5.91 Å².